The van der Waals surface area contributed by atoms with Crippen molar-refractivity contribution in [3.8, 4) is 0 Å². The molecule has 0 bridgehead atoms. The van der Waals surface area contributed by atoms with Gasteiger partial charge in [0.2, 0.25) is 0 Å². The molecular formula is C22H29FN2O5. The van der Waals surface area contributed by atoms with Crippen molar-refractivity contribution in [1.82, 2.24) is 9.80 Å². The van der Waals surface area contributed by atoms with Crippen LogP contribution in [-0.4, -0.2) is 70.6 Å². The molecule has 0 aromatic heterocycles. The lowest BCUT2D eigenvalue weighted by Crippen LogP contribution is -2.46. The van der Waals surface area contributed by atoms with Gasteiger partial charge in [-0.1, -0.05) is 0 Å². The molecule has 30 heavy (non-hydrogen) atoms. The van der Waals surface area contributed by atoms with Crippen LogP contribution in [0.15, 0.2) is 24.3 Å². The SMILES string of the molecule is O=C(O)C[C@@H]1CCN(C(=O)c2ccc(F)cc2)C[C@@H]1CCN1CCC(C(=O)O)CC1. The molecule has 2 saturated heterocycles. The lowest BCUT2D eigenvalue weighted by atomic mass is 9.80. The number of hydrogen-bond acceptors (Lipinski definition) is 4. The van der Waals surface area contributed by atoms with Crippen LogP contribution in [0.4, 0.5) is 4.39 Å². The second-order valence-corrected chi connectivity index (χ2v) is 8.41. The van der Waals surface area contributed by atoms with E-state index < -0.39 is 17.8 Å². The topological polar surface area (TPSA) is 98.2 Å². The number of carboxylic acid groups (broad SMARTS) is 2. The van der Waals surface area contributed by atoms with Crippen molar-refractivity contribution in [2.75, 3.05) is 32.7 Å². The molecule has 2 aliphatic heterocycles. The number of nitrogens with zero attached hydrogens (tertiary/aromatic N) is 2. The van der Waals surface area contributed by atoms with Crippen LogP contribution < -0.4 is 0 Å². The van der Waals surface area contributed by atoms with E-state index in [0.29, 0.717) is 37.9 Å². The second-order valence-electron chi connectivity index (χ2n) is 8.41. The summed E-state index contributed by atoms with van der Waals surface area (Å²) in [6, 6.07) is 5.48. The van der Waals surface area contributed by atoms with E-state index in [1.807, 2.05) is 0 Å². The van der Waals surface area contributed by atoms with Crippen LogP contribution in [0.25, 0.3) is 0 Å². The Balaban J connectivity index is 1.59. The third-order valence-corrected chi connectivity index (χ3v) is 6.46. The maximum absolute atomic E-state index is 13.2. The van der Waals surface area contributed by atoms with Crippen LogP contribution in [0.5, 0.6) is 0 Å². The lowest BCUT2D eigenvalue weighted by molar-refractivity contribution is -0.143. The van der Waals surface area contributed by atoms with Gasteiger partial charge in [0.15, 0.2) is 0 Å². The van der Waals surface area contributed by atoms with Crippen LogP contribution in [0.3, 0.4) is 0 Å². The zero-order valence-electron chi connectivity index (χ0n) is 17.0. The number of aliphatic carboxylic acids is 2. The van der Waals surface area contributed by atoms with Crippen LogP contribution in [0.2, 0.25) is 0 Å². The van der Waals surface area contributed by atoms with E-state index in [1.54, 1.807) is 4.90 Å². The van der Waals surface area contributed by atoms with E-state index in [4.69, 9.17) is 5.11 Å². The molecule has 0 saturated carbocycles. The highest BCUT2D eigenvalue weighted by molar-refractivity contribution is 5.94. The number of halogens is 1. The number of carbonyl (C=O) groups is 3. The fraction of sp³-hybridized carbons (Fsp3) is 0.591. The molecule has 1 aromatic rings. The first-order chi connectivity index (χ1) is 14.3. The van der Waals surface area contributed by atoms with E-state index in [0.717, 1.165) is 26.1 Å². The van der Waals surface area contributed by atoms with E-state index >= 15 is 0 Å². The number of carbonyl (C=O) groups excluding carboxylic acids is 1. The number of rotatable bonds is 7. The number of hydrogen-bond donors (Lipinski definition) is 2. The molecule has 8 heteroatoms. The number of benzene rings is 1. The van der Waals surface area contributed by atoms with Gasteiger partial charge in [-0.25, -0.2) is 4.39 Å². The van der Waals surface area contributed by atoms with Gasteiger partial charge in [-0.3, -0.25) is 14.4 Å². The normalized spacial score (nSPS) is 23.3. The lowest BCUT2D eigenvalue weighted by Gasteiger charge is -2.39. The predicted molar refractivity (Wildman–Crippen MR) is 108 cm³/mol. The number of piperidine rings is 2. The van der Waals surface area contributed by atoms with Gasteiger partial charge in [-0.15, -0.1) is 0 Å². The number of amides is 1. The van der Waals surface area contributed by atoms with Crippen LogP contribution >= 0.6 is 0 Å². The molecule has 2 aliphatic rings. The minimum atomic E-state index is -0.828. The Hall–Kier alpha value is -2.48. The predicted octanol–water partition coefficient (Wildman–Crippen LogP) is 2.57. The van der Waals surface area contributed by atoms with Gasteiger partial charge in [0.25, 0.3) is 5.91 Å². The molecule has 0 aliphatic carbocycles. The molecule has 7 nitrogen and oxygen atoms in total. The van der Waals surface area contributed by atoms with Crippen LogP contribution in [0.1, 0.15) is 42.5 Å². The summed E-state index contributed by atoms with van der Waals surface area (Å²) in [5.74, 6) is -2.32. The largest absolute Gasteiger partial charge is 0.481 e. The van der Waals surface area contributed by atoms with Crippen molar-refractivity contribution < 1.29 is 29.0 Å². The Morgan fingerprint density at radius 3 is 2.23 bits per heavy atom. The highest BCUT2D eigenvalue weighted by atomic mass is 19.1. The van der Waals surface area contributed by atoms with Crippen molar-refractivity contribution in [2.45, 2.75) is 32.1 Å². The molecule has 2 N–H and O–H groups in total. The average Bonchev–Trinajstić information content (AvgIpc) is 2.73. The third-order valence-electron chi connectivity index (χ3n) is 6.46. The average molecular weight is 420 g/mol. The zero-order valence-corrected chi connectivity index (χ0v) is 17.0. The fourth-order valence-corrected chi connectivity index (χ4v) is 4.61. The van der Waals surface area contributed by atoms with Crippen LogP contribution in [-0.2, 0) is 9.59 Å². The standard InChI is InChI=1S/C22H29FN2O5/c23-19-3-1-15(2-4-19)21(28)25-12-8-17(13-20(26)27)18(14-25)7-11-24-9-5-16(6-10-24)22(29)30/h1-4,16-18H,5-14H2,(H,26,27)(H,29,30)/t17-,18-/m0/s1. The molecule has 0 spiro atoms. The molecule has 1 amide bonds. The molecule has 0 radical (unpaired) electrons. The van der Waals surface area contributed by atoms with Gasteiger partial charge in [0, 0.05) is 25.1 Å². The first-order valence-electron chi connectivity index (χ1n) is 10.5. The Bertz CT molecular complexity index is 761. The summed E-state index contributed by atoms with van der Waals surface area (Å²) in [4.78, 5) is 39.2. The minimum Gasteiger partial charge on any atom is -0.481 e. The molecule has 164 valence electrons. The smallest absolute Gasteiger partial charge is 0.306 e. The maximum Gasteiger partial charge on any atom is 0.306 e. The summed E-state index contributed by atoms with van der Waals surface area (Å²) in [5.41, 5.74) is 0.433. The van der Waals surface area contributed by atoms with Gasteiger partial charge < -0.3 is 20.0 Å². The first-order valence-corrected chi connectivity index (χ1v) is 10.5. The van der Waals surface area contributed by atoms with Crippen molar-refractivity contribution in [3.05, 3.63) is 35.6 Å². The van der Waals surface area contributed by atoms with Crippen molar-refractivity contribution in [3.63, 3.8) is 0 Å². The Kier molecular flexibility index (Phi) is 7.42. The Morgan fingerprint density at radius 2 is 1.63 bits per heavy atom. The fourth-order valence-electron chi connectivity index (χ4n) is 4.61. The summed E-state index contributed by atoms with van der Waals surface area (Å²) in [7, 11) is 0. The molecule has 3 rings (SSSR count). The summed E-state index contributed by atoms with van der Waals surface area (Å²) in [6.07, 6.45) is 2.75. The molecule has 2 atom stereocenters. The van der Waals surface area contributed by atoms with E-state index in [9.17, 15) is 23.9 Å². The van der Waals surface area contributed by atoms with E-state index in [-0.39, 0.29) is 30.1 Å². The van der Waals surface area contributed by atoms with Gasteiger partial charge in [0.05, 0.1) is 5.92 Å². The highest BCUT2D eigenvalue weighted by Gasteiger charge is 2.33. The quantitative estimate of drug-likeness (QED) is 0.704. The Morgan fingerprint density at radius 1 is 0.967 bits per heavy atom. The number of likely N-dealkylation sites (tertiary alicyclic amines) is 2. The zero-order chi connectivity index (χ0) is 21.7. The summed E-state index contributed by atoms with van der Waals surface area (Å²) in [6.45, 7) is 3.21. The van der Waals surface area contributed by atoms with Gasteiger partial charge >= 0.3 is 11.9 Å². The van der Waals surface area contributed by atoms with Crippen LogP contribution in [0, 0.1) is 23.6 Å². The molecule has 0 unspecified atom stereocenters. The third kappa shape index (κ3) is 5.78. The van der Waals surface area contributed by atoms with E-state index in [2.05, 4.69) is 4.90 Å². The minimum absolute atomic E-state index is 0.0105. The van der Waals surface area contributed by atoms with E-state index in [1.165, 1.54) is 24.3 Å². The number of carboxylic acids is 2. The second kappa shape index (κ2) is 10.0. The first kappa shape index (κ1) is 22.2. The highest BCUT2D eigenvalue weighted by Crippen LogP contribution is 2.31. The molecule has 2 fully saturated rings. The van der Waals surface area contributed by atoms with Gasteiger partial charge in [-0.2, -0.15) is 0 Å². The van der Waals surface area contributed by atoms with Crippen molar-refractivity contribution in [1.29, 1.82) is 0 Å². The molecular weight excluding hydrogens is 391 g/mol. The Labute approximate surface area is 175 Å². The summed E-state index contributed by atoms with van der Waals surface area (Å²) < 4.78 is 13.2. The van der Waals surface area contributed by atoms with Crippen molar-refractivity contribution >= 4 is 17.8 Å². The summed E-state index contributed by atoms with van der Waals surface area (Å²) >= 11 is 0. The van der Waals surface area contributed by atoms with Gasteiger partial charge in [0.1, 0.15) is 5.82 Å². The summed E-state index contributed by atoms with van der Waals surface area (Å²) in [5, 5.41) is 18.4. The van der Waals surface area contributed by atoms with Crippen molar-refractivity contribution in [2.24, 2.45) is 17.8 Å². The molecule has 1 aromatic carbocycles. The monoisotopic (exact) mass is 420 g/mol. The maximum atomic E-state index is 13.2. The van der Waals surface area contributed by atoms with Gasteiger partial charge in [-0.05, 0) is 81.4 Å². The molecule has 2 heterocycles.